The molecular formula is C12H12N2O4. The molecule has 0 heterocycles. The van der Waals surface area contributed by atoms with Gasteiger partial charge in [0.15, 0.2) is 23.0 Å². The van der Waals surface area contributed by atoms with Crippen LogP contribution in [0.1, 0.15) is 0 Å². The summed E-state index contributed by atoms with van der Waals surface area (Å²) in [7, 11) is 0. The van der Waals surface area contributed by atoms with Crippen LogP contribution >= 0.6 is 0 Å². The second kappa shape index (κ2) is 3.92. The number of aromatic hydroxyl groups is 4. The molecule has 0 atom stereocenters. The van der Waals surface area contributed by atoms with E-state index in [0.717, 1.165) is 0 Å². The molecule has 0 bridgehead atoms. The summed E-state index contributed by atoms with van der Waals surface area (Å²) in [6, 6.07) is 6.16. The largest absolute Gasteiger partial charge is 0.504 e. The van der Waals surface area contributed by atoms with E-state index in [1.807, 2.05) is 0 Å². The lowest BCUT2D eigenvalue weighted by Gasteiger charge is -2.13. The van der Waals surface area contributed by atoms with Gasteiger partial charge < -0.3 is 31.9 Å². The number of nitrogens with two attached hydrogens (primary N) is 2. The molecule has 18 heavy (non-hydrogen) atoms. The highest BCUT2D eigenvalue weighted by atomic mass is 16.3. The van der Waals surface area contributed by atoms with Crippen molar-refractivity contribution < 1.29 is 20.4 Å². The van der Waals surface area contributed by atoms with Crippen molar-refractivity contribution in [3.8, 4) is 34.1 Å². The summed E-state index contributed by atoms with van der Waals surface area (Å²) in [5.41, 5.74) is 11.1. The summed E-state index contributed by atoms with van der Waals surface area (Å²) in [4.78, 5) is 0. The monoisotopic (exact) mass is 248 g/mol. The lowest BCUT2D eigenvalue weighted by atomic mass is 10.0. The molecular weight excluding hydrogens is 236 g/mol. The van der Waals surface area contributed by atoms with E-state index in [0.29, 0.717) is 11.3 Å². The molecule has 0 unspecified atom stereocenters. The van der Waals surface area contributed by atoms with E-state index in [-0.39, 0.29) is 5.56 Å². The number of phenolic OH excluding ortho intramolecular Hbond substituents is 4. The Balaban J connectivity index is 2.75. The highest BCUT2D eigenvalue weighted by molar-refractivity contribution is 5.88. The van der Waals surface area contributed by atoms with E-state index in [2.05, 4.69) is 0 Å². The Morgan fingerprint density at radius 3 is 1.56 bits per heavy atom. The zero-order valence-corrected chi connectivity index (χ0v) is 9.25. The average Bonchev–Trinajstić information content (AvgIpc) is 2.36. The van der Waals surface area contributed by atoms with Crippen LogP contribution in [0.5, 0.6) is 23.0 Å². The van der Waals surface area contributed by atoms with Gasteiger partial charge in [0.05, 0.1) is 5.56 Å². The minimum absolute atomic E-state index is 0.112. The molecule has 2 aromatic carbocycles. The molecule has 0 fully saturated rings. The lowest BCUT2D eigenvalue weighted by Crippen LogP contribution is -1.91. The molecule has 0 aliphatic carbocycles. The molecule has 2 aromatic rings. The maximum atomic E-state index is 9.77. The van der Waals surface area contributed by atoms with Crippen molar-refractivity contribution in [2.45, 2.75) is 0 Å². The molecule has 2 rings (SSSR count). The first-order chi connectivity index (χ1) is 8.43. The predicted molar refractivity (Wildman–Crippen MR) is 67.4 cm³/mol. The number of nitrogen functional groups attached to an aromatic ring is 2. The van der Waals surface area contributed by atoms with Crippen LogP contribution in [0.25, 0.3) is 11.1 Å². The Hall–Kier alpha value is -2.76. The third-order valence-corrected chi connectivity index (χ3v) is 2.63. The maximum absolute atomic E-state index is 9.77. The molecule has 0 saturated carbocycles. The molecule has 0 aliphatic rings. The summed E-state index contributed by atoms with van der Waals surface area (Å²) in [6.07, 6.45) is 0. The third kappa shape index (κ3) is 1.60. The van der Waals surface area contributed by atoms with E-state index in [9.17, 15) is 20.4 Å². The Morgan fingerprint density at radius 2 is 1.11 bits per heavy atom. The van der Waals surface area contributed by atoms with Crippen molar-refractivity contribution >= 4 is 11.4 Å². The first-order valence-corrected chi connectivity index (χ1v) is 5.04. The molecule has 0 radical (unpaired) electrons. The summed E-state index contributed by atoms with van der Waals surface area (Å²) >= 11 is 0. The molecule has 0 aliphatic heterocycles. The first-order valence-electron chi connectivity index (χ1n) is 5.04. The molecule has 0 saturated heterocycles. The molecule has 0 aromatic heterocycles. The van der Waals surface area contributed by atoms with Crippen LogP contribution in [0.15, 0.2) is 24.3 Å². The van der Waals surface area contributed by atoms with Crippen molar-refractivity contribution in [3.05, 3.63) is 24.3 Å². The summed E-state index contributed by atoms with van der Waals surface area (Å²) in [6.45, 7) is 0. The smallest absolute Gasteiger partial charge is 0.185 e. The van der Waals surface area contributed by atoms with Gasteiger partial charge in [-0.15, -0.1) is 0 Å². The van der Waals surface area contributed by atoms with Crippen LogP contribution in [-0.2, 0) is 0 Å². The van der Waals surface area contributed by atoms with Crippen molar-refractivity contribution in [1.29, 1.82) is 0 Å². The van der Waals surface area contributed by atoms with E-state index in [4.69, 9.17) is 11.5 Å². The highest BCUT2D eigenvalue weighted by Gasteiger charge is 2.22. The van der Waals surface area contributed by atoms with Crippen LogP contribution in [0.3, 0.4) is 0 Å². The molecule has 6 heteroatoms. The van der Waals surface area contributed by atoms with Crippen molar-refractivity contribution in [3.63, 3.8) is 0 Å². The zero-order chi connectivity index (χ0) is 13.4. The molecule has 6 nitrogen and oxygen atoms in total. The van der Waals surface area contributed by atoms with E-state index in [1.54, 1.807) is 12.1 Å². The number of rotatable bonds is 1. The number of hydrogen-bond donors (Lipinski definition) is 6. The van der Waals surface area contributed by atoms with Crippen LogP contribution in [0.4, 0.5) is 11.4 Å². The SMILES string of the molecule is Nc1ccc(-c2c(O)c(O)c(N)c(O)c2O)cc1. The predicted octanol–water partition coefficient (Wildman–Crippen LogP) is 1.34. The van der Waals surface area contributed by atoms with E-state index in [1.165, 1.54) is 12.1 Å². The van der Waals surface area contributed by atoms with Gasteiger partial charge in [-0.1, -0.05) is 12.1 Å². The second-order valence-electron chi connectivity index (χ2n) is 3.81. The fourth-order valence-corrected chi connectivity index (χ4v) is 1.64. The van der Waals surface area contributed by atoms with Crippen molar-refractivity contribution in [2.75, 3.05) is 11.5 Å². The quantitative estimate of drug-likeness (QED) is 0.256. The minimum atomic E-state index is -0.683. The van der Waals surface area contributed by atoms with Gasteiger partial charge in [0.25, 0.3) is 0 Å². The van der Waals surface area contributed by atoms with Crippen LogP contribution in [0.2, 0.25) is 0 Å². The van der Waals surface area contributed by atoms with Gasteiger partial charge in [-0.3, -0.25) is 0 Å². The normalized spacial score (nSPS) is 10.4. The summed E-state index contributed by atoms with van der Waals surface area (Å²) in [5.74, 6) is -2.57. The van der Waals surface area contributed by atoms with Gasteiger partial charge in [0, 0.05) is 5.69 Å². The summed E-state index contributed by atoms with van der Waals surface area (Å²) < 4.78 is 0. The lowest BCUT2D eigenvalue weighted by molar-refractivity contribution is 0.379. The molecule has 94 valence electrons. The second-order valence-corrected chi connectivity index (χ2v) is 3.81. The Labute approximate surface area is 102 Å². The summed E-state index contributed by atoms with van der Waals surface area (Å²) in [5, 5.41) is 38.6. The van der Waals surface area contributed by atoms with Gasteiger partial charge in [-0.25, -0.2) is 0 Å². The number of anilines is 2. The van der Waals surface area contributed by atoms with Gasteiger partial charge >= 0.3 is 0 Å². The Bertz CT molecular complexity index is 579. The standard InChI is InChI=1S/C12H12N2O4/c13-6-3-1-5(2-4-6)7-9(15)11(17)8(14)12(18)10(7)16/h1-4,15-18H,13-14H2. The van der Waals surface area contributed by atoms with Crippen molar-refractivity contribution in [1.82, 2.24) is 0 Å². The van der Waals surface area contributed by atoms with Gasteiger partial charge in [-0.05, 0) is 17.7 Å². The van der Waals surface area contributed by atoms with Gasteiger partial charge in [-0.2, -0.15) is 0 Å². The molecule has 0 spiro atoms. The van der Waals surface area contributed by atoms with Crippen LogP contribution < -0.4 is 11.5 Å². The molecule has 0 amide bonds. The van der Waals surface area contributed by atoms with Crippen LogP contribution in [-0.4, -0.2) is 20.4 Å². The minimum Gasteiger partial charge on any atom is -0.504 e. The van der Waals surface area contributed by atoms with E-state index >= 15 is 0 Å². The first kappa shape index (κ1) is 11.7. The Morgan fingerprint density at radius 1 is 0.667 bits per heavy atom. The highest BCUT2D eigenvalue weighted by Crippen LogP contribution is 2.52. The number of benzene rings is 2. The number of hydrogen-bond acceptors (Lipinski definition) is 6. The van der Waals surface area contributed by atoms with Crippen molar-refractivity contribution in [2.24, 2.45) is 0 Å². The zero-order valence-electron chi connectivity index (χ0n) is 9.25. The average molecular weight is 248 g/mol. The number of phenols is 4. The Kier molecular flexibility index (Phi) is 2.55. The fraction of sp³-hybridized carbons (Fsp3) is 0. The van der Waals surface area contributed by atoms with Crippen LogP contribution in [0, 0.1) is 0 Å². The van der Waals surface area contributed by atoms with Gasteiger partial charge in [0.1, 0.15) is 5.69 Å². The topological polar surface area (TPSA) is 133 Å². The molecule has 8 N–H and O–H groups in total. The van der Waals surface area contributed by atoms with E-state index < -0.39 is 28.7 Å². The third-order valence-electron chi connectivity index (χ3n) is 2.63. The van der Waals surface area contributed by atoms with Gasteiger partial charge in [0.2, 0.25) is 0 Å². The maximum Gasteiger partial charge on any atom is 0.185 e. The fourth-order valence-electron chi connectivity index (χ4n) is 1.64.